The van der Waals surface area contributed by atoms with Crippen LogP contribution in [0.25, 0.3) is 11.4 Å². The van der Waals surface area contributed by atoms with Gasteiger partial charge >= 0.3 is 5.97 Å². The van der Waals surface area contributed by atoms with Crippen molar-refractivity contribution in [1.82, 2.24) is 9.97 Å². The predicted octanol–water partition coefficient (Wildman–Crippen LogP) is 4.52. The molecule has 6 heteroatoms. The third-order valence-corrected chi connectivity index (χ3v) is 4.79. The average molecular weight is 391 g/mol. The minimum absolute atomic E-state index is 0.322. The van der Waals surface area contributed by atoms with Gasteiger partial charge in [0.25, 0.3) is 5.91 Å². The zero-order chi connectivity index (χ0) is 20.8. The zero-order valence-corrected chi connectivity index (χ0v) is 16.9. The lowest BCUT2D eigenvalue weighted by atomic mass is 10.1. The molecule has 0 aliphatic rings. The number of aryl methyl sites for hydroxylation is 2. The summed E-state index contributed by atoms with van der Waals surface area (Å²) < 4.78 is 5.49. The number of esters is 1. The van der Waals surface area contributed by atoms with E-state index >= 15 is 0 Å². The van der Waals surface area contributed by atoms with E-state index in [-0.39, 0.29) is 5.91 Å². The van der Waals surface area contributed by atoms with E-state index < -0.39 is 12.1 Å². The highest BCUT2D eigenvalue weighted by atomic mass is 16.5. The van der Waals surface area contributed by atoms with Gasteiger partial charge < -0.3 is 15.0 Å². The Kier molecular flexibility index (Phi) is 6.44. The maximum absolute atomic E-state index is 12.7. The van der Waals surface area contributed by atoms with Crippen molar-refractivity contribution >= 4 is 17.6 Å². The number of aromatic nitrogens is 2. The molecular weight excluding hydrogens is 366 g/mol. The Morgan fingerprint density at radius 2 is 1.90 bits per heavy atom. The summed E-state index contributed by atoms with van der Waals surface area (Å²) in [4.78, 5) is 32.5. The molecule has 6 nitrogen and oxygen atoms in total. The first-order valence-electron chi connectivity index (χ1n) is 9.73. The predicted molar refractivity (Wildman–Crippen MR) is 113 cm³/mol. The number of rotatable bonds is 7. The van der Waals surface area contributed by atoms with Gasteiger partial charge in [0, 0.05) is 23.6 Å². The molecule has 1 unspecified atom stereocenters. The molecule has 0 saturated heterocycles. The number of imidazole rings is 1. The van der Waals surface area contributed by atoms with E-state index in [0.29, 0.717) is 12.0 Å². The molecule has 150 valence electrons. The number of hydrogen-bond donors (Lipinski definition) is 2. The summed E-state index contributed by atoms with van der Waals surface area (Å²) in [7, 11) is 0. The second-order valence-corrected chi connectivity index (χ2v) is 6.77. The van der Waals surface area contributed by atoms with Gasteiger partial charge in [-0.1, -0.05) is 44.2 Å². The molecule has 1 atom stereocenters. The lowest BCUT2D eigenvalue weighted by Gasteiger charge is -2.19. The molecule has 1 heterocycles. The fourth-order valence-electron chi connectivity index (χ4n) is 3.11. The van der Waals surface area contributed by atoms with Crippen molar-refractivity contribution < 1.29 is 14.3 Å². The van der Waals surface area contributed by atoms with E-state index in [1.54, 1.807) is 36.7 Å². The first kappa shape index (κ1) is 20.3. The van der Waals surface area contributed by atoms with Crippen molar-refractivity contribution in [2.45, 2.75) is 39.7 Å². The van der Waals surface area contributed by atoms with Gasteiger partial charge in [-0.2, -0.15) is 0 Å². The number of anilines is 1. The maximum atomic E-state index is 12.7. The topological polar surface area (TPSA) is 84.1 Å². The number of aromatic amines is 1. The molecule has 3 rings (SSSR count). The molecule has 3 aromatic rings. The van der Waals surface area contributed by atoms with E-state index in [0.717, 1.165) is 34.6 Å². The Hall–Kier alpha value is -3.41. The minimum atomic E-state index is -0.864. The highest BCUT2D eigenvalue weighted by Gasteiger charge is 2.23. The highest BCUT2D eigenvalue weighted by molar-refractivity contribution is 5.98. The highest BCUT2D eigenvalue weighted by Crippen LogP contribution is 2.22. The Morgan fingerprint density at radius 3 is 2.52 bits per heavy atom. The van der Waals surface area contributed by atoms with Gasteiger partial charge in [0.15, 0.2) is 6.10 Å². The molecule has 0 aliphatic carbocycles. The summed E-state index contributed by atoms with van der Waals surface area (Å²) in [5.41, 5.74) is 4.07. The van der Waals surface area contributed by atoms with Crippen molar-refractivity contribution in [2.75, 3.05) is 5.32 Å². The average Bonchev–Trinajstić information content (AvgIpc) is 3.28. The molecule has 29 heavy (non-hydrogen) atoms. The number of benzene rings is 2. The first-order valence-corrected chi connectivity index (χ1v) is 9.73. The summed E-state index contributed by atoms with van der Waals surface area (Å²) >= 11 is 0. The lowest BCUT2D eigenvalue weighted by Crippen LogP contribution is -2.32. The Labute approximate surface area is 170 Å². The molecule has 1 aromatic heterocycles. The van der Waals surface area contributed by atoms with Gasteiger partial charge in [0.1, 0.15) is 5.82 Å². The normalized spacial score (nSPS) is 11.7. The standard InChI is InChI=1S/C23H25N3O3/c1-4-16-8-6-7-15(3)20(16)26-22(27)19(5-2)29-23(28)18-11-9-17(10-12-18)21-24-13-14-25-21/h6-14,19H,4-5H2,1-3H3,(H,24,25)(H,26,27). The van der Waals surface area contributed by atoms with E-state index in [9.17, 15) is 9.59 Å². The van der Waals surface area contributed by atoms with E-state index in [2.05, 4.69) is 15.3 Å². The van der Waals surface area contributed by atoms with Crippen LogP contribution in [0.2, 0.25) is 0 Å². The number of carbonyl (C=O) groups excluding carboxylic acids is 2. The zero-order valence-electron chi connectivity index (χ0n) is 16.9. The quantitative estimate of drug-likeness (QED) is 0.580. The van der Waals surface area contributed by atoms with Crippen LogP contribution < -0.4 is 5.32 Å². The fraction of sp³-hybridized carbons (Fsp3) is 0.261. The van der Waals surface area contributed by atoms with Crippen LogP contribution in [0.5, 0.6) is 0 Å². The molecule has 0 spiro atoms. The molecular formula is C23H25N3O3. The number of carbonyl (C=O) groups is 2. The molecule has 0 bridgehead atoms. The van der Waals surface area contributed by atoms with Gasteiger partial charge in [-0.3, -0.25) is 4.79 Å². The number of nitrogens with one attached hydrogen (secondary N) is 2. The lowest BCUT2D eigenvalue weighted by molar-refractivity contribution is -0.124. The molecule has 0 fully saturated rings. The van der Waals surface area contributed by atoms with Crippen LogP contribution >= 0.6 is 0 Å². The molecule has 0 aliphatic heterocycles. The molecule has 2 aromatic carbocycles. The Balaban J connectivity index is 1.69. The second-order valence-electron chi connectivity index (χ2n) is 6.77. The molecule has 2 N–H and O–H groups in total. The van der Waals surface area contributed by atoms with Crippen LogP contribution in [0.1, 0.15) is 41.8 Å². The SMILES string of the molecule is CCc1cccc(C)c1NC(=O)C(CC)OC(=O)c1ccc(-c2ncc[nH]2)cc1. The van der Waals surface area contributed by atoms with Crippen LogP contribution in [0.3, 0.4) is 0 Å². The van der Waals surface area contributed by atoms with Crippen molar-refractivity contribution in [3.05, 3.63) is 71.5 Å². The van der Waals surface area contributed by atoms with E-state index in [1.165, 1.54) is 0 Å². The molecule has 1 amide bonds. The van der Waals surface area contributed by atoms with Crippen molar-refractivity contribution in [3.8, 4) is 11.4 Å². The van der Waals surface area contributed by atoms with Gasteiger partial charge in [-0.15, -0.1) is 0 Å². The monoisotopic (exact) mass is 391 g/mol. The summed E-state index contributed by atoms with van der Waals surface area (Å²) in [6, 6.07) is 12.8. The summed E-state index contributed by atoms with van der Waals surface area (Å²) in [5, 5.41) is 2.94. The number of para-hydroxylation sites is 1. The largest absolute Gasteiger partial charge is 0.449 e. The van der Waals surface area contributed by atoms with Crippen LogP contribution in [0.15, 0.2) is 54.9 Å². The molecule has 0 saturated carbocycles. The summed E-state index contributed by atoms with van der Waals surface area (Å²) in [6.07, 6.45) is 3.73. The van der Waals surface area contributed by atoms with Gasteiger partial charge in [0.05, 0.1) is 5.56 Å². The number of nitrogens with zero attached hydrogens (tertiary/aromatic N) is 1. The number of ether oxygens (including phenoxy) is 1. The minimum Gasteiger partial charge on any atom is -0.449 e. The summed E-state index contributed by atoms with van der Waals surface area (Å²) in [5.74, 6) is -0.128. The van der Waals surface area contributed by atoms with Crippen molar-refractivity contribution in [1.29, 1.82) is 0 Å². The first-order chi connectivity index (χ1) is 14.0. The number of hydrogen-bond acceptors (Lipinski definition) is 4. The summed E-state index contributed by atoms with van der Waals surface area (Å²) in [6.45, 7) is 5.80. The van der Waals surface area contributed by atoms with Crippen LogP contribution in [-0.4, -0.2) is 27.9 Å². The third-order valence-electron chi connectivity index (χ3n) is 4.79. The van der Waals surface area contributed by atoms with Crippen molar-refractivity contribution in [2.24, 2.45) is 0 Å². The van der Waals surface area contributed by atoms with E-state index in [4.69, 9.17) is 4.74 Å². The number of H-pyrrole nitrogens is 1. The van der Waals surface area contributed by atoms with Gasteiger partial charge in [0.2, 0.25) is 0 Å². The number of amides is 1. The van der Waals surface area contributed by atoms with E-state index in [1.807, 2.05) is 39.0 Å². The van der Waals surface area contributed by atoms with Gasteiger partial charge in [-0.05, 0) is 43.0 Å². The fourth-order valence-corrected chi connectivity index (χ4v) is 3.11. The third kappa shape index (κ3) is 4.71. The smallest absolute Gasteiger partial charge is 0.338 e. The molecule has 0 radical (unpaired) electrons. The Morgan fingerprint density at radius 1 is 1.14 bits per heavy atom. The second kappa shape index (κ2) is 9.19. The Bertz CT molecular complexity index is 979. The maximum Gasteiger partial charge on any atom is 0.338 e. The van der Waals surface area contributed by atoms with Gasteiger partial charge in [-0.25, -0.2) is 9.78 Å². The van der Waals surface area contributed by atoms with Crippen molar-refractivity contribution in [3.63, 3.8) is 0 Å². The van der Waals surface area contributed by atoms with Crippen LogP contribution in [0.4, 0.5) is 5.69 Å². The van der Waals surface area contributed by atoms with Crippen LogP contribution in [0, 0.1) is 6.92 Å². The van der Waals surface area contributed by atoms with Crippen LogP contribution in [-0.2, 0) is 16.0 Å².